The molecule has 4 rings (SSSR count). The Morgan fingerprint density at radius 2 is 1.36 bits per heavy atom. The predicted molar refractivity (Wildman–Crippen MR) is 148 cm³/mol. The van der Waals surface area contributed by atoms with Crippen molar-refractivity contribution >= 4 is 36.9 Å². The first-order chi connectivity index (χ1) is 15.8. The molecule has 0 N–H and O–H groups in total. The highest BCUT2D eigenvalue weighted by molar-refractivity contribution is 7.81. The van der Waals surface area contributed by atoms with Gasteiger partial charge in [0.1, 0.15) is 7.80 Å². The second kappa shape index (κ2) is 10.7. The van der Waals surface area contributed by atoms with Crippen LogP contribution in [0.2, 0.25) is 0 Å². The lowest BCUT2D eigenvalue weighted by Crippen LogP contribution is -2.35. The summed E-state index contributed by atoms with van der Waals surface area (Å²) in [5.41, 5.74) is 2.86. The summed E-state index contributed by atoms with van der Waals surface area (Å²) in [5, 5.41) is 5.07. The second-order valence-electron chi connectivity index (χ2n) is 10.3. The molecule has 3 aromatic rings. The summed E-state index contributed by atoms with van der Waals surface area (Å²) in [6.45, 7) is 11.3. The Balaban J connectivity index is 1.82. The summed E-state index contributed by atoms with van der Waals surface area (Å²) in [6.07, 6.45) is 3.59. The van der Waals surface area contributed by atoms with Gasteiger partial charge in [0.05, 0.1) is 0 Å². The molecular formula is C30H38OP2. The van der Waals surface area contributed by atoms with Crippen LogP contribution in [0, 0.1) is 31.6 Å². The van der Waals surface area contributed by atoms with Crippen molar-refractivity contribution in [3.8, 4) is 0 Å². The smallest absolute Gasteiger partial charge is 0.108 e. The molecule has 0 aliphatic heterocycles. The molecule has 0 radical (unpaired) electrons. The van der Waals surface area contributed by atoms with Crippen LogP contribution in [-0.2, 0) is 4.57 Å². The van der Waals surface area contributed by atoms with E-state index < -0.39 is 15.7 Å². The fourth-order valence-corrected chi connectivity index (χ4v) is 10.9. The quantitative estimate of drug-likeness (QED) is 0.362. The highest BCUT2D eigenvalue weighted by atomic mass is 31.1. The van der Waals surface area contributed by atoms with Gasteiger partial charge in [-0.3, -0.25) is 0 Å². The number of benzene rings is 3. The maximum absolute atomic E-state index is 14.4. The van der Waals surface area contributed by atoms with E-state index in [4.69, 9.17) is 0 Å². The average molecular weight is 477 g/mol. The van der Waals surface area contributed by atoms with Gasteiger partial charge >= 0.3 is 0 Å². The Hall–Kier alpha value is -1.68. The monoisotopic (exact) mass is 476 g/mol. The molecule has 0 amide bonds. The molecule has 174 valence electrons. The van der Waals surface area contributed by atoms with Gasteiger partial charge in [-0.25, -0.2) is 0 Å². The van der Waals surface area contributed by atoms with Crippen LogP contribution in [0.5, 0.6) is 0 Å². The first-order valence-electron chi connectivity index (χ1n) is 12.4. The molecule has 1 nitrogen and oxygen atoms in total. The largest absolute Gasteiger partial charge is 0.322 e. The van der Waals surface area contributed by atoms with Crippen LogP contribution < -0.4 is 21.2 Å². The topological polar surface area (TPSA) is 17.1 Å². The van der Waals surface area contributed by atoms with Gasteiger partial charge < -0.3 is 4.57 Å². The molecule has 3 aromatic carbocycles. The summed E-state index contributed by atoms with van der Waals surface area (Å²) < 4.78 is 14.4. The Kier molecular flexibility index (Phi) is 7.94. The zero-order valence-corrected chi connectivity index (χ0v) is 22.6. The molecular weight excluding hydrogens is 438 g/mol. The van der Waals surface area contributed by atoms with Crippen LogP contribution in [0.4, 0.5) is 0 Å². The van der Waals surface area contributed by atoms with Crippen LogP contribution in [-0.4, -0.2) is 5.66 Å². The zero-order chi connectivity index (χ0) is 23.5. The van der Waals surface area contributed by atoms with E-state index in [1.165, 1.54) is 39.9 Å². The highest BCUT2D eigenvalue weighted by Gasteiger charge is 2.36. The Morgan fingerprint density at radius 1 is 0.818 bits per heavy atom. The van der Waals surface area contributed by atoms with Crippen LogP contribution in [0.3, 0.4) is 0 Å². The van der Waals surface area contributed by atoms with E-state index >= 15 is 0 Å². The van der Waals surface area contributed by atoms with Gasteiger partial charge in [0, 0.05) is 11.0 Å². The van der Waals surface area contributed by atoms with Crippen molar-refractivity contribution in [2.24, 2.45) is 17.8 Å². The first-order valence-corrected chi connectivity index (χ1v) is 15.2. The van der Waals surface area contributed by atoms with Crippen molar-refractivity contribution in [3.63, 3.8) is 0 Å². The number of hydrogen-bond acceptors (Lipinski definition) is 1. The van der Waals surface area contributed by atoms with Gasteiger partial charge in [0.25, 0.3) is 0 Å². The van der Waals surface area contributed by atoms with Gasteiger partial charge in [0.15, 0.2) is 0 Å². The van der Waals surface area contributed by atoms with Crippen LogP contribution in [0.15, 0.2) is 72.8 Å². The first kappa shape index (κ1) is 24.4. The third-order valence-electron chi connectivity index (χ3n) is 7.35. The molecule has 33 heavy (non-hydrogen) atoms. The van der Waals surface area contributed by atoms with E-state index in [0.29, 0.717) is 23.4 Å². The van der Waals surface area contributed by atoms with Crippen LogP contribution in [0.25, 0.3) is 0 Å². The minimum absolute atomic E-state index is 0.313. The lowest BCUT2D eigenvalue weighted by atomic mass is 9.77. The standard InChI is InChI=1S/C30H38OP2/c1-21(2)27-19-14-24(5)20-30(27)33(31)29-9-7-6-8-28(29)32(25-15-10-22(3)11-16-25)26-17-12-23(4)13-18-26/h6-13,15-18,21,24,27,30,33H,14,19-20H2,1-5H3/t24-,27+,30-/m1/s1. The fourth-order valence-electron chi connectivity index (χ4n) is 5.40. The molecule has 1 unspecified atom stereocenters. The van der Waals surface area contributed by atoms with E-state index in [2.05, 4.69) is 107 Å². The van der Waals surface area contributed by atoms with Gasteiger partial charge in [-0.05, 0) is 68.3 Å². The molecule has 0 heterocycles. The van der Waals surface area contributed by atoms with Crippen molar-refractivity contribution in [2.75, 3.05) is 0 Å². The Morgan fingerprint density at radius 3 is 1.91 bits per heavy atom. The molecule has 0 aromatic heterocycles. The molecule has 4 atom stereocenters. The van der Waals surface area contributed by atoms with E-state index in [9.17, 15) is 4.57 Å². The molecule has 1 aliphatic rings. The van der Waals surface area contributed by atoms with E-state index in [-0.39, 0.29) is 0 Å². The lowest BCUT2D eigenvalue weighted by Gasteiger charge is -2.37. The maximum Gasteiger partial charge on any atom is 0.108 e. The fraction of sp³-hybridized carbons (Fsp3) is 0.400. The molecule has 0 spiro atoms. The summed E-state index contributed by atoms with van der Waals surface area (Å²) in [7, 11) is -2.69. The Labute approximate surface area is 202 Å². The summed E-state index contributed by atoms with van der Waals surface area (Å²) >= 11 is 0. The molecule has 1 aliphatic carbocycles. The zero-order valence-electron chi connectivity index (χ0n) is 20.7. The summed E-state index contributed by atoms with van der Waals surface area (Å²) in [4.78, 5) is 0. The van der Waals surface area contributed by atoms with Gasteiger partial charge in [-0.15, -0.1) is 0 Å². The van der Waals surface area contributed by atoms with Crippen molar-refractivity contribution in [3.05, 3.63) is 83.9 Å². The molecule has 1 saturated carbocycles. The van der Waals surface area contributed by atoms with Crippen molar-refractivity contribution in [1.29, 1.82) is 0 Å². The van der Waals surface area contributed by atoms with E-state index in [1.54, 1.807) is 0 Å². The van der Waals surface area contributed by atoms with Crippen molar-refractivity contribution in [2.45, 2.75) is 59.5 Å². The number of rotatable bonds is 6. The van der Waals surface area contributed by atoms with Gasteiger partial charge in [0.2, 0.25) is 0 Å². The van der Waals surface area contributed by atoms with Crippen LogP contribution >= 0.6 is 15.7 Å². The lowest BCUT2D eigenvalue weighted by molar-refractivity contribution is 0.239. The molecule has 3 heteroatoms. The summed E-state index contributed by atoms with van der Waals surface area (Å²) in [5.74, 6) is 1.81. The highest BCUT2D eigenvalue weighted by Crippen LogP contribution is 2.47. The number of hydrogen-bond donors (Lipinski definition) is 0. The van der Waals surface area contributed by atoms with E-state index in [1.807, 2.05) is 0 Å². The summed E-state index contributed by atoms with van der Waals surface area (Å²) in [6, 6.07) is 26.6. The maximum atomic E-state index is 14.4. The minimum Gasteiger partial charge on any atom is -0.322 e. The van der Waals surface area contributed by atoms with Gasteiger partial charge in [-0.2, -0.15) is 0 Å². The third kappa shape index (κ3) is 5.53. The van der Waals surface area contributed by atoms with E-state index in [0.717, 1.165) is 11.7 Å². The van der Waals surface area contributed by atoms with Gasteiger partial charge in [-0.1, -0.05) is 111 Å². The minimum atomic E-state index is -1.93. The van der Waals surface area contributed by atoms with Crippen molar-refractivity contribution < 1.29 is 4.57 Å². The second-order valence-corrected chi connectivity index (χ2v) is 14.5. The SMILES string of the molecule is Cc1ccc(P(c2ccc(C)cc2)c2ccccc2[PH](=O)[C@@H]2C[C@H](C)CC[C@H]2C(C)C)cc1. The Bertz CT molecular complexity index is 1040. The van der Waals surface area contributed by atoms with Crippen LogP contribution in [0.1, 0.15) is 51.2 Å². The molecule has 0 saturated heterocycles. The predicted octanol–water partition coefficient (Wildman–Crippen LogP) is 6.71. The molecule has 0 bridgehead atoms. The normalized spacial score (nSPS) is 22.0. The third-order valence-corrected chi connectivity index (χ3v) is 12.4. The number of aryl methyl sites for hydroxylation is 2. The molecule has 1 fully saturated rings. The van der Waals surface area contributed by atoms with Crippen molar-refractivity contribution in [1.82, 2.24) is 0 Å². The average Bonchev–Trinajstić information content (AvgIpc) is 2.81.